The first-order valence-corrected chi connectivity index (χ1v) is 20.1. The lowest BCUT2D eigenvalue weighted by molar-refractivity contribution is -0.302. The van der Waals surface area contributed by atoms with Gasteiger partial charge in [0, 0.05) is 6.42 Å². The predicted molar refractivity (Wildman–Crippen MR) is 198 cm³/mol. The number of rotatable bonds is 32. The van der Waals surface area contributed by atoms with Crippen molar-refractivity contribution in [2.24, 2.45) is 0 Å². The van der Waals surface area contributed by atoms with Gasteiger partial charge in [-0.3, -0.25) is 4.79 Å². The van der Waals surface area contributed by atoms with Crippen LogP contribution in [0.2, 0.25) is 0 Å². The molecule has 1 amide bonds. The fourth-order valence-corrected chi connectivity index (χ4v) is 6.21. The second kappa shape index (κ2) is 31.4. The number of aliphatic hydroxyl groups is 5. The van der Waals surface area contributed by atoms with E-state index in [0.717, 1.165) is 57.8 Å². The Bertz CT molecular complexity index is 822. The molecule has 1 aliphatic rings. The van der Waals surface area contributed by atoms with Crippen LogP contribution >= 0.6 is 0 Å². The molecule has 0 aromatic carbocycles. The van der Waals surface area contributed by atoms with Crippen LogP contribution in [-0.4, -0.2) is 87.5 Å². The highest BCUT2D eigenvalue weighted by Gasteiger charge is 2.44. The Morgan fingerprint density at radius 2 is 1.14 bits per heavy atom. The van der Waals surface area contributed by atoms with Crippen molar-refractivity contribution in [2.45, 2.75) is 211 Å². The van der Waals surface area contributed by atoms with Crippen molar-refractivity contribution < 1.29 is 39.8 Å². The van der Waals surface area contributed by atoms with Gasteiger partial charge in [-0.1, -0.05) is 141 Å². The summed E-state index contributed by atoms with van der Waals surface area (Å²) in [7, 11) is 0. The molecule has 1 heterocycles. The van der Waals surface area contributed by atoms with E-state index < -0.39 is 49.5 Å². The summed E-state index contributed by atoms with van der Waals surface area (Å²) in [5.74, 6) is -0.189. The molecular formula is C40H75NO8. The van der Waals surface area contributed by atoms with E-state index in [1.807, 2.05) is 6.08 Å². The zero-order valence-electron chi connectivity index (χ0n) is 31.2. The third-order valence-electron chi connectivity index (χ3n) is 9.52. The molecular weight excluding hydrogens is 622 g/mol. The number of ether oxygens (including phenoxy) is 2. The van der Waals surface area contributed by atoms with Crippen LogP contribution in [0.25, 0.3) is 0 Å². The normalized spacial score (nSPS) is 22.6. The molecule has 0 aliphatic carbocycles. The number of unbranched alkanes of at least 4 members (excludes halogenated alkanes) is 20. The maximum atomic E-state index is 12.9. The van der Waals surface area contributed by atoms with Gasteiger partial charge in [-0.05, 0) is 44.9 Å². The Morgan fingerprint density at radius 1 is 0.673 bits per heavy atom. The van der Waals surface area contributed by atoms with E-state index in [-0.39, 0.29) is 12.5 Å². The minimum Gasteiger partial charge on any atom is -0.394 e. The molecule has 0 saturated carbocycles. The number of nitrogens with one attached hydrogen (secondary N) is 1. The zero-order valence-corrected chi connectivity index (χ0v) is 31.2. The molecule has 0 bridgehead atoms. The van der Waals surface area contributed by atoms with Crippen LogP contribution in [0, 0.1) is 0 Å². The van der Waals surface area contributed by atoms with Crippen LogP contribution in [0.4, 0.5) is 0 Å². The van der Waals surface area contributed by atoms with E-state index in [0.29, 0.717) is 6.42 Å². The molecule has 1 saturated heterocycles. The maximum absolute atomic E-state index is 12.9. The SMILES string of the molecule is CCCCCCC/C=C\CCCCCCCC(=O)NC(COC1OC(CO)C(O)C(O)C1O)C(O)/C=C/CCCCCCCCCCCC. The Hall–Kier alpha value is -1.33. The highest BCUT2D eigenvalue weighted by molar-refractivity contribution is 5.76. The quantitative estimate of drug-likeness (QED) is 0.0320. The van der Waals surface area contributed by atoms with Gasteiger partial charge in [-0.15, -0.1) is 0 Å². The van der Waals surface area contributed by atoms with Crippen molar-refractivity contribution in [3.63, 3.8) is 0 Å². The van der Waals surface area contributed by atoms with E-state index in [2.05, 4.69) is 31.3 Å². The molecule has 0 aromatic rings. The summed E-state index contributed by atoms with van der Waals surface area (Å²) in [6.45, 7) is 3.72. The molecule has 7 atom stereocenters. The summed E-state index contributed by atoms with van der Waals surface area (Å²) in [5, 5.41) is 53.9. The molecule has 9 heteroatoms. The van der Waals surface area contributed by atoms with Crippen LogP contribution in [-0.2, 0) is 14.3 Å². The van der Waals surface area contributed by atoms with Crippen molar-refractivity contribution in [2.75, 3.05) is 13.2 Å². The second-order valence-electron chi connectivity index (χ2n) is 14.1. The number of aliphatic hydroxyl groups excluding tert-OH is 5. The van der Waals surface area contributed by atoms with Gasteiger partial charge in [0.2, 0.25) is 5.91 Å². The Morgan fingerprint density at radius 3 is 1.65 bits per heavy atom. The third kappa shape index (κ3) is 23.0. The highest BCUT2D eigenvalue weighted by atomic mass is 16.7. The second-order valence-corrected chi connectivity index (χ2v) is 14.1. The van der Waals surface area contributed by atoms with Gasteiger partial charge < -0.3 is 40.3 Å². The molecule has 7 unspecified atom stereocenters. The predicted octanol–water partition coefficient (Wildman–Crippen LogP) is 7.16. The number of carbonyl (C=O) groups is 1. The van der Waals surface area contributed by atoms with Crippen molar-refractivity contribution in [3.05, 3.63) is 24.3 Å². The fraction of sp³-hybridized carbons (Fsp3) is 0.875. The Kier molecular flexibility index (Phi) is 29.3. The maximum Gasteiger partial charge on any atom is 0.220 e. The minimum absolute atomic E-state index is 0.189. The first-order valence-electron chi connectivity index (χ1n) is 20.1. The first kappa shape index (κ1) is 45.7. The average Bonchev–Trinajstić information content (AvgIpc) is 3.10. The summed E-state index contributed by atoms with van der Waals surface area (Å²) < 4.78 is 11.2. The lowest BCUT2D eigenvalue weighted by Gasteiger charge is -2.40. The van der Waals surface area contributed by atoms with Gasteiger partial charge in [0.15, 0.2) is 6.29 Å². The third-order valence-corrected chi connectivity index (χ3v) is 9.52. The first-order chi connectivity index (χ1) is 23.8. The number of hydrogen-bond donors (Lipinski definition) is 6. The molecule has 1 rings (SSSR count). The lowest BCUT2D eigenvalue weighted by atomic mass is 9.99. The molecule has 49 heavy (non-hydrogen) atoms. The van der Waals surface area contributed by atoms with Gasteiger partial charge >= 0.3 is 0 Å². The van der Waals surface area contributed by atoms with Crippen LogP contribution in [0.15, 0.2) is 24.3 Å². The largest absolute Gasteiger partial charge is 0.394 e. The van der Waals surface area contributed by atoms with Crippen LogP contribution < -0.4 is 5.32 Å². The molecule has 9 nitrogen and oxygen atoms in total. The summed E-state index contributed by atoms with van der Waals surface area (Å²) in [6, 6.07) is -0.803. The van der Waals surface area contributed by atoms with Gasteiger partial charge in [0.25, 0.3) is 0 Å². The molecule has 0 aromatic heterocycles. The van der Waals surface area contributed by atoms with Crippen LogP contribution in [0.5, 0.6) is 0 Å². The molecule has 288 valence electrons. The molecule has 1 fully saturated rings. The summed E-state index contributed by atoms with van der Waals surface area (Å²) in [6.07, 6.45) is 27.8. The number of allylic oxidation sites excluding steroid dienone is 3. The van der Waals surface area contributed by atoms with Crippen molar-refractivity contribution in [1.82, 2.24) is 5.32 Å². The summed E-state index contributed by atoms with van der Waals surface area (Å²) in [4.78, 5) is 12.9. The minimum atomic E-state index is -1.56. The Balaban J connectivity index is 2.45. The van der Waals surface area contributed by atoms with Crippen LogP contribution in [0.3, 0.4) is 0 Å². The monoisotopic (exact) mass is 698 g/mol. The zero-order chi connectivity index (χ0) is 36.0. The lowest BCUT2D eigenvalue weighted by Crippen LogP contribution is -2.60. The van der Waals surface area contributed by atoms with Gasteiger partial charge in [-0.2, -0.15) is 0 Å². The molecule has 0 radical (unpaired) electrons. The van der Waals surface area contributed by atoms with Crippen molar-refractivity contribution in [1.29, 1.82) is 0 Å². The van der Waals surface area contributed by atoms with Gasteiger partial charge in [0.1, 0.15) is 24.4 Å². The van der Waals surface area contributed by atoms with E-state index in [9.17, 15) is 30.3 Å². The molecule has 0 spiro atoms. The summed E-state index contributed by atoms with van der Waals surface area (Å²) in [5.41, 5.74) is 0. The van der Waals surface area contributed by atoms with E-state index in [4.69, 9.17) is 9.47 Å². The van der Waals surface area contributed by atoms with E-state index >= 15 is 0 Å². The summed E-state index contributed by atoms with van der Waals surface area (Å²) >= 11 is 0. The number of hydrogen-bond acceptors (Lipinski definition) is 8. The molecule has 1 aliphatic heterocycles. The van der Waals surface area contributed by atoms with E-state index in [1.165, 1.54) is 89.9 Å². The Labute approximate surface area is 298 Å². The average molecular weight is 698 g/mol. The van der Waals surface area contributed by atoms with E-state index in [1.54, 1.807) is 6.08 Å². The van der Waals surface area contributed by atoms with Gasteiger partial charge in [0.05, 0.1) is 25.4 Å². The highest BCUT2D eigenvalue weighted by Crippen LogP contribution is 2.22. The topological polar surface area (TPSA) is 149 Å². The standard InChI is InChI=1S/C40H75NO8/c1-3-5-7-9-11-13-15-17-18-20-22-24-26-28-30-36(44)41-33(32-48-40-39(47)38(46)37(45)35(31-42)49-40)34(43)29-27-25-23-21-19-16-14-12-10-8-6-4-2/h15,17,27,29,33-35,37-40,42-43,45-47H,3-14,16,18-26,28,30-32H2,1-2H3,(H,41,44)/b17-15-,29-27+. The van der Waals surface area contributed by atoms with Gasteiger partial charge in [-0.25, -0.2) is 0 Å². The van der Waals surface area contributed by atoms with Crippen molar-refractivity contribution in [3.8, 4) is 0 Å². The van der Waals surface area contributed by atoms with Crippen LogP contribution in [0.1, 0.15) is 168 Å². The molecule has 6 N–H and O–H groups in total. The number of carbonyl (C=O) groups excluding carboxylic acids is 1. The smallest absolute Gasteiger partial charge is 0.220 e. The fourth-order valence-electron chi connectivity index (χ4n) is 6.21. The number of amides is 1. The van der Waals surface area contributed by atoms with Crippen molar-refractivity contribution >= 4 is 5.91 Å².